The van der Waals surface area contributed by atoms with Crippen LogP contribution in [0.4, 0.5) is 5.69 Å². The average Bonchev–Trinajstić information content (AvgIpc) is 3.15. The Hall–Kier alpha value is -2.86. The summed E-state index contributed by atoms with van der Waals surface area (Å²) >= 11 is 0. The normalized spacial score (nSPS) is 14.4. The van der Waals surface area contributed by atoms with Crippen LogP contribution in [-0.2, 0) is 4.79 Å². The number of hydrogen-bond donors (Lipinski definition) is 4. The van der Waals surface area contributed by atoms with Gasteiger partial charge in [0.2, 0.25) is 0 Å². The number of carbonyl (C=O) groups excluding carboxylic acids is 2. The zero-order valence-electron chi connectivity index (χ0n) is 14.8. The number of H-pyrrole nitrogens is 1. The van der Waals surface area contributed by atoms with Gasteiger partial charge in [-0.3, -0.25) is 9.59 Å². The summed E-state index contributed by atoms with van der Waals surface area (Å²) in [6, 6.07) is 9.33. The maximum absolute atomic E-state index is 12.3. The number of aromatic amines is 1. The molecule has 0 spiro atoms. The maximum atomic E-state index is 12.3. The number of aliphatic hydroxyl groups is 1. The van der Waals surface area contributed by atoms with Crippen LogP contribution in [0.5, 0.6) is 0 Å². The number of rotatable bonds is 7. The molecule has 0 fully saturated rings. The van der Waals surface area contributed by atoms with Crippen molar-refractivity contribution in [1.29, 1.82) is 0 Å². The van der Waals surface area contributed by atoms with E-state index in [9.17, 15) is 9.59 Å². The fourth-order valence-electron chi connectivity index (χ4n) is 2.98. The monoisotopic (exact) mass is 353 g/mol. The number of fused-ring (bicyclic) bond motifs is 1. The molecule has 0 bridgehead atoms. The van der Waals surface area contributed by atoms with E-state index in [0.29, 0.717) is 17.8 Å². The molecule has 2 heterocycles. The average molecular weight is 353 g/mol. The molecule has 0 radical (unpaired) electrons. The second kappa shape index (κ2) is 8.01. The second-order valence-corrected chi connectivity index (χ2v) is 6.38. The minimum Gasteiger partial charge on any atom is -0.396 e. The molecule has 0 aliphatic carbocycles. The molecule has 0 atom stereocenters. The number of nitrogens with one attached hydrogen (secondary N) is 3. The molecular formula is C20H23N3O3. The molecule has 136 valence electrons. The van der Waals surface area contributed by atoms with E-state index in [1.165, 1.54) is 0 Å². The number of carbonyl (C=O) groups is 2. The summed E-state index contributed by atoms with van der Waals surface area (Å²) in [7, 11) is 0. The summed E-state index contributed by atoms with van der Waals surface area (Å²) in [6.07, 6.45) is 4.25. The summed E-state index contributed by atoms with van der Waals surface area (Å²) in [6.45, 7) is 2.65. The van der Waals surface area contributed by atoms with Crippen LogP contribution in [0, 0.1) is 6.92 Å². The lowest BCUT2D eigenvalue weighted by Gasteiger charge is -2.03. The van der Waals surface area contributed by atoms with Gasteiger partial charge in [-0.15, -0.1) is 0 Å². The molecule has 0 unspecified atom stereocenters. The zero-order valence-corrected chi connectivity index (χ0v) is 14.8. The maximum Gasteiger partial charge on any atom is 0.267 e. The SMILES string of the molecule is Cc1cc(C(=O)NCCCCCO)[nH]c1/C=C1\C(=O)Nc2ccccc21. The summed E-state index contributed by atoms with van der Waals surface area (Å²) in [4.78, 5) is 27.6. The Morgan fingerprint density at radius 2 is 2.04 bits per heavy atom. The minimum atomic E-state index is -0.168. The molecular weight excluding hydrogens is 330 g/mol. The molecule has 1 aliphatic heterocycles. The first-order valence-electron chi connectivity index (χ1n) is 8.81. The third kappa shape index (κ3) is 3.86. The predicted octanol–water partition coefficient (Wildman–Crippen LogP) is 2.71. The van der Waals surface area contributed by atoms with Crippen LogP contribution in [0.25, 0.3) is 11.6 Å². The van der Waals surface area contributed by atoms with Crippen molar-refractivity contribution in [2.45, 2.75) is 26.2 Å². The Balaban J connectivity index is 1.73. The molecule has 26 heavy (non-hydrogen) atoms. The van der Waals surface area contributed by atoms with E-state index in [1.54, 1.807) is 12.1 Å². The molecule has 6 nitrogen and oxygen atoms in total. The number of aliphatic hydroxyl groups excluding tert-OH is 1. The van der Waals surface area contributed by atoms with E-state index < -0.39 is 0 Å². The van der Waals surface area contributed by atoms with Crippen molar-refractivity contribution in [2.75, 3.05) is 18.5 Å². The number of hydrogen-bond acceptors (Lipinski definition) is 3. The fourth-order valence-corrected chi connectivity index (χ4v) is 2.98. The van der Waals surface area contributed by atoms with Gasteiger partial charge in [0, 0.05) is 30.1 Å². The fraction of sp³-hybridized carbons (Fsp3) is 0.300. The van der Waals surface area contributed by atoms with Gasteiger partial charge >= 0.3 is 0 Å². The van der Waals surface area contributed by atoms with Crippen molar-refractivity contribution in [3.8, 4) is 0 Å². The number of aromatic nitrogens is 1. The van der Waals surface area contributed by atoms with E-state index in [1.807, 2.05) is 31.2 Å². The molecule has 1 aliphatic rings. The van der Waals surface area contributed by atoms with Gasteiger partial charge in [-0.05, 0) is 50.0 Å². The Kier molecular flexibility index (Phi) is 5.53. The lowest BCUT2D eigenvalue weighted by molar-refractivity contribution is -0.110. The molecule has 6 heteroatoms. The van der Waals surface area contributed by atoms with E-state index in [4.69, 9.17) is 5.11 Å². The van der Waals surface area contributed by atoms with E-state index in [0.717, 1.165) is 41.8 Å². The number of unbranched alkanes of at least 4 members (excludes halogenated alkanes) is 2. The van der Waals surface area contributed by atoms with Crippen molar-refractivity contribution >= 4 is 29.2 Å². The van der Waals surface area contributed by atoms with Crippen molar-refractivity contribution in [2.24, 2.45) is 0 Å². The Labute approximate surface area is 152 Å². The molecule has 0 saturated carbocycles. The lowest BCUT2D eigenvalue weighted by Crippen LogP contribution is -2.24. The van der Waals surface area contributed by atoms with Crippen LogP contribution in [0.1, 0.15) is 46.6 Å². The first-order valence-corrected chi connectivity index (χ1v) is 8.81. The summed E-state index contributed by atoms with van der Waals surface area (Å²) in [5.74, 6) is -0.312. The molecule has 1 aromatic carbocycles. The van der Waals surface area contributed by atoms with Crippen LogP contribution >= 0.6 is 0 Å². The molecule has 1 aromatic heterocycles. The van der Waals surface area contributed by atoms with Crippen LogP contribution < -0.4 is 10.6 Å². The molecule has 3 rings (SSSR count). The Morgan fingerprint density at radius 1 is 1.23 bits per heavy atom. The smallest absolute Gasteiger partial charge is 0.267 e. The molecule has 4 N–H and O–H groups in total. The first-order chi connectivity index (χ1) is 12.6. The predicted molar refractivity (Wildman–Crippen MR) is 102 cm³/mol. The first kappa shape index (κ1) is 17.9. The number of aryl methyl sites for hydroxylation is 1. The number of amides is 2. The quantitative estimate of drug-likeness (QED) is 0.455. The second-order valence-electron chi connectivity index (χ2n) is 6.38. The van der Waals surface area contributed by atoms with Gasteiger partial charge in [0.1, 0.15) is 5.69 Å². The molecule has 0 saturated heterocycles. The van der Waals surface area contributed by atoms with Gasteiger partial charge in [-0.1, -0.05) is 18.2 Å². The summed E-state index contributed by atoms with van der Waals surface area (Å²) in [5.41, 5.74) is 4.37. The standard InChI is InChI=1S/C20H23N3O3/c1-13-11-18(20(26)21-9-5-2-6-10-24)22-17(13)12-15-14-7-3-4-8-16(14)23-19(15)25/h3-4,7-8,11-12,22,24H,2,5-6,9-10H2,1H3,(H,21,26)(H,23,25)/b15-12-. The highest BCUT2D eigenvalue weighted by molar-refractivity contribution is 6.34. The van der Waals surface area contributed by atoms with Gasteiger partial charge in [0.25, 0.3) is 11.8 Å². The largest absolute Gasteiger partial charge is 0.396 e. The van der Waals surface area contributed by atoms with Gasteiger partial charge in [-0.2, -0.15) is 0 Å². The van der Waals surface area contributed by atoms with E-state index in [-0.39, 0.29) is 18.4 Å². The number of anilines is 1. The van der Waals surface area contributed by atoms with Crippen molar-refractivity contribution in [1.82, 2.24) is 10.3 Å². The highest BCUT2D eigenvalue weighted by Gasteiger charge is 2.24. The minimum absolute atomic E-state index is 0.143. The Morgan fingerprint density at radius 3 is 2.85 bits per heavy atom. The third-order valence-electron chi connectivity index (χ3n) is 4.42. The van der Waals surface area contributed by atoms with E-state index >= 15 is 0 Å². The zero-order chi connectivity index (χ0) is 18.5. The Bertz CT molecular complexity index is 852. The van der Waals surface area contributed by atoms with Gasteiger partial charge in [0.15, 0.2) is 0 Å². The van der Waals surface area contributed by atoms with Crippen LogP contribution in [0.3, 0.4) is 0 Å². The van der Waals surface area contributed by atoms with Gasteiger partial charge in [-0.25, -0.2) is 0 Å². The lowest BCUT2D eigenvalue weighted by atomic mass is 10.1. The van der Waals surface area contributed by atoms with Gasteiger partial charge in [0.05, 0.1) is 5.57 Å². The van der Waals surface area contributed by atoms with Gasteiger partial charge < -0.3 is 20.7 Å². The summed E-state index contributed by atoms with van der Waals surface area (Å²) in [5, 5.41) is 14.5. The molecule has 2 amide bonds. The molecule has 2 aromatic rings. The highest BCUT2D eigenvalue weighted by Crippen LogP contribution is 2.32. The van der Waals surface area contributed by atoms with Crippen molar-refractivity contribution in [3.05, 3.63) is 52.8 Å². The van der Waals surface area contributed by atoms with Crippen molar-refractivity contribution < 1.29 is 14.7 Å². The highest BCUT2D eigenvalue weighted by atomic mass is 16.3. The third-order valence-corrected chi connectivity index (χ3v) is 4.42. The number of para-hydroxylation sites is 1. The summed E-state index contributed by atoms with van der Waals surface area (Å²) < 4.78 is 0. The van der Waals surface area contributed by atoms with E-state index in [2.05, 4.69) is 15.6 Å². The topological polar surface area (TPSA) is 94.2 Å². The van der Waals surface area contributed by atoms with Crippen LogP contribution in [0.15, 0.2) is 30.3 Å². The number of benzene rings is 1. The van der Waals surface area contributed by atoms with Crippen molar-refractivity contribution in [3.63, 3.8) is 0 Å². The van der Waals surface area contributed by atoms with Crippen LogP contribution in [0.2, 0.25) is 0 Å². The van der Waals surface area contributed by atoms with Crippen LogP contribution in [-0.4, -0.2) is 35.1 Å².